The summed E-state index contributed by atoms with van der Waals surface area (Å²) in [7, 11) is 0. The molecule has 0 unspecified atom stereocenters. The SMILES string of the molecule is [2H]c1c([2H])c([2H])c([C@@](O)(C(=O)O)C2([2H])C([2H])([2H])C([2H])([2H])C([2H])([2H])C([2H])([2H])C2([2H])[2H])c([2H])c1[2H]. The molecule has 1 aliphatic carbocycles. The van der Waals surface area contributed by atoms with Gasteiger partial charge >= 0.3 is 5.97 Å². The normalized spacial score (nSPS) is 51.1. The maximum atomic E-state index is 12.3. The number of rotatable bonds is 3. The molecular weight excluding hydrogens is 216 g/mol. The van der Waals surface area contributed by atoms with E-state index in [1.807, 2.05) is 0 Å². The van der Waals surface area contributed by atoms with Gasteiger partial charge in [0.25, 0.3) is 0 Å². The topological polar surface area (TPSA) is 57.5 Å². The van der Waals surface area contributed by atoms with Crippen LogP contribution in [-0.2, 0) is 10.4 Å². The average molecular weight is 250 g/mol. The minimum absolute atomic E-state index is 1.09. The Hall–Kier alpha value is -1.35. The molecule has 1 aliphatic rings. The summed E-state index contributed by atoms with van der Waals surface area (Å²) in [5.74, 6) is -7.30. The molecule has 0 aromatic heterocycles. The summed E-state index contributed by atoms with van der Waals surface area (Å²) in [5, 5.41) is 21.1. The van der Waals surface area contributed by atoms with Crippen molar-refractivity contribution >= 4 is 5.97 Å². The highest BCUT2D eigenvalue weighted by Gasteiger charge is 2.45. The lowest BCUT2D eigenvalue weighted by Gasteiger charge is -2.35. The maximum Gasteiger partial charge on any atom is 0.340 e. The van der Waals surface area contributed by atoms with Gasteiger partial charge in [-0.05, 0) is 18.3 Å². The third-order valence-corrected chi connectivity index (χ3v) is 2.03. The quantitative estimate of drug-likeness (QED) is 0.866. The smallest absolute Gasteiger partial charge is 0.340 e. The summed E-state index contributed by atoms with van der Waals surface area (Å²) < 4.78 is 127. The van der Waals surface area contributed by atoms with Crippen LogP contribution in [0.15, 0.2) is 30.2 Å². The Morgan fingerprint density at radius 3 is 2.47 bits per heavy atom. The van der Waals surface area contributed by atoms with Gasteiger partial charge in [-0.2, -0.15) is 0 Å². The largest absolute Gasteiger partial charge is 0.479 e. The Morgan fingerprint density at radius 1 is 1.35 bits per heavy atom. The molecule has 1 saturated carbocycles. The van der Waals surface area contributed by atoms with E-state index >= 15 is 0 Å². The highest BCUT2D eigenvalue weighted by Crippen LogP contribution is 2.39. The predicted octanol–water partition coefficient (Wildman–Crippen LogP) is 2.54. The second-order valence-electron chi connectivity index (χ2n) is 3.02. The zero-order chi connectivity index (χ0) is 26.5. The Balaban J connectivity index is 3.25. The molecule has 1 fully saturated rings. The van der Waals surface area contributed by atoms with E-state index < -0.39 is 85.1 Å². The van der Waals surface area contributed by atoms with Gasteiger partial charge in [0.2, 0.25) is 0 Å². The predicted molar refractivity (Wildman–Crippen MR) is 64.5 cm³/mol. The van der Waals surface area contributed by atoms with E-state index in [-0.39, 0.29) is 0 Å². The van der Waals surface area contributed by atoms with Crippen molar-refractivity contribution < 1.29 is 36.9 Å². The molecule has 1 aromatic rings. The minimum Gasteiger partial charge on any atom is -0.479 e. The van der Waals surface area contributed by atoms with Crippen molar-refractivity contribution in [1.82, 2.24) is 0 Å². The molecule has 0 bridgehead atoms. The second kappa shape index (κ2) is 4.88. The van der Waals surface area contributed by atoms with Crippen LogP contribution >= 0.6 is 0 Å². The standard InChI is InChI=1S/C14H18O3/c15-13(16)14(17,11-7-3-1-4-8-11)12-9-5-2-6-10-12/h1,3-4,7-8,12,17H,2,5-6,9-10H2,(H,15,16)/t14-/m0/s1/i1D,2D2,3D,4D,5D2,6D2,7D,8D,9D2,10D2,12D. The van der Waals surface area contributed by atoms with Gasteiger partial charge in [0.15, 0.2) is 5.60 Å². The van der Waals surface area contributed by atoms with Crippen LogP contribution in [0.2, 0.25) is 0 Å². The summed E-state index contributed by atoms with van der Waals surface area (Å²) in [6, 6.07) is -6.57. The monoisotopic (exact) mass is 250 g/mol. The van der Waals surface area contributed by atoms with Gasteiger partial charge < -0.3 is 10.2 Å². The third-order valence-electron chi connectivity index (χ3n) is 2.03. The highest BCUT2D eigenvalue weighted by molar-refractivity contribution is 5.79. The van der Waals surface area contributed by atoms with Crippen molar-refractivity contribution in [2.75, 3.05) is 0 Å². The molecule has 0 heterocycles. The summed E-state index contributed by atoms with van der Waals surface area (Å²) in [4.78, 5) is 12.3. The third kappa shape index (κ3) is 2.20. The molecule has 17 heavy (non-hydrogen) atoms. The number of aliphatic hydroxyl groups is 1. The molecule has 0 saturated heterocycles. The van der Waals surface area contributed by atoms with Crippen LogP contribution in [0, 0.1) is 5.89 Å². The molecule has 2 rings (SSSR count). The molecule has 0 amide bonds. The van der Waals surface area contributed by atoms with Gasteiger partial charge in [-0.15, -0.1) is 0 Å². The van der Waals surface area contributed by atoms with Crippen LogP contribution in [0.3, 0.4) is 0 Å². The van der Waals surface area contributed by atoms with Gasteiger partial charge in [0.1, 0.15) is 0 Å². The van der Waals surface area contributed by atoms with Crippen LogP contribution in [-0.4, -0.2) is 16.2 Å². The van der Waals surface area contributed by atoms with Gasteiger partial charge in [0.05, 0.1) is 6.85 Å². The van der Waals surface area contributed by atoms with Crippen molar-refractivity contribution in [3.8, 4) is 0 Å². The summed E-state index contributed by atoms with van der Waals surface area (Å²) in [6.45, 7) is 0. The fourth-order valence-corrected chi connectivity index (χ4v) is 1.20. The Bertz CT molecular complexity index is 975. The Kier molecular flexibility index (Phi) is 0.905. The first-order chi connectivity index (χ1) is 14.4. The van der Waals surface area contributed by atoms with Crippen molar-refractivity contribution in [2.45, 2.75) is 37.5 Å². The lowest BCUT2D eigenvalue weighted by Crippen LogP contribution is -2.43. The number of carboxylic acid groups (broad SMARTS) is 1. The molecule has 1 atom stereocenters. The van der Waals surface area contributed by atoms with E-state index in [1.54, 1.807) is 0 Å². The molecule has 92 valence electrons. The van der Waals surface area contributed by atoms with Gasteiger partial charge in [-0.1, -0.05) is 49.3 Å². The van der Waals surface area contributed by atoms with Crippen LogP contribution in [0.4, 0.5) is 0 Å². The second-order valence-corrected chi connectivity index (χ2v) is 3.02. The van der Waals surface area contributed by atoms with E-state index in [0.717, 1.165) is 0 Å². The fourth-order valence-electron chi connectivity index (χ4n) is 1.20. The van der Waals surface area contributed by atoms with E-state index in [4.69, 9.17) is 21.9 Å². The number of aliphatic carboxylic acids is 1. The number of benzene rings is 1. The lowest BCUT2D eigenvalue weighted by atomic mass is 9.73. The maximum absolute atomic E-state index is 12.3. The van der Waals surface area contributed by atoms with Crippen molar-refractivity contribution in [2.24, 2.45) is 5.89 Å². The van der Waals surface area contributed by atoms with E-state index in [0.29, 0.717) is 0 Å². The average Bonchev–Trinajstić information content (AvgIpc) is 2.68. The molecule has 0 spiro atoms. The Labute approximate surface area is 124 Å². The van der Waals surface area contributed by atoms with Gasteiger partial charge in [0, 0.05) is 21.0 Å². The molecular formula is C14H18O3. The highest BCUT2D eigenvalue weighted by atomic mass is 16.4. The summed E-state index contributed by atoms with van der Waals surface area (Å²) >= 11 is 0. The summed E-state index contributed by atoms with van der Waals surface area (Å²) in [6.07, 6.45) is -21.1. The molecule has 0 aliphatic heterocycles. The van der Waals surface area contributed by atoms with E-state index in [1.165, 1.54) is 0 Å². The van der Waals surface area contributed by atoms with Crippen LogP contribution < -0.4 is 0 Å². The van der Waals surface area contributed by atoms with Crippen LogP contribution in [0.25, 0.3) is 0 Å². The van der Waals surface area contributed by atoms with Crippen molar-refractivity contribution in [3.63, 3.8) is 0 Å². The fraction of sp³-hybridized carbons (Fsp3) is 0.500. The van der Waals surface area contributed by atoms with Crippen molar-refractivity contribution in [3.05, 3.63) is 35.8 Å². The number of carbonyl (C=O) groups is 1. The molecule has 1 aromatic carbocycles. The van der Waals surface area contributed by atoms with E-state index in [9.17, 15) is 15.0 Å². The van der Waals surface area contributed by atoms with Gasteiger partial charge in [-0.25, -0.2) is 4.79 Å². The van der Waals surface area contributed by atoms with Crippen molar-refractivity contribution in [1.29, 1.82) is 0 Å². The molecule has 0 radical (unpaired) electrons. The van der Waals surface area contributed by atoms with Crippen LogP contribution in [0.1, 0.15) is 59.4 Å². The lowest BCUT2D eigenvalue weighted by molar-refractivity contribution is -0.168. The minimum atomic E-state index is -4.55. The number of carboxylic acids is 1. The van der Waals surface area contributed by atoms with Crippen LogP contribution in [0.5, 0.6) is 0 Å². The van der Waals surface area contributed by atoms with E-state index in [2.05, 4.69) is 0 Å². The van der Waals surface area contributed by atoms with Gasteiger partial charge in [-0.3, -0.25) is 0 Å². The zero-order valence-electron chi connectivity index (χ0n) is 24.3. The zero-order valence-corrected chi connectivity index (χ0v) is 8.30. The first-order valence-electron chi connectivity index (χ1n) is 12.4. The number of hydrogen-bond donors (Lipinski definition) is 2. The molecule has 2 N–H and O–H groups in total. The first-order valence-corrected chi connectivity index (χ1v) is 4.40. The molecule has 3 heteroatoms. The first kappa shape index (κ1) is 3.15. The molecule has 3 nitrogen and oxygen atoms in total. The number of hydrogen-bond acceptors (Lipinski definition) is 2. The summed E-state index contributed by atoms with van der Waals surface area (Å²) in [5.41, 5.74) is -6.22. The Morgan fingerprint density at radius 2 is 1.94 bits per heavy atom.